The molecule has 1 aliphatic heterocycles. The van der Waals surface area contributed by atoms with Gasteiger partial charge in [0.2, 0.25) is 0 Å². The predicted molar refractivity (Wildman–Crippen MR) is 70.3 cm³/mol. The Balaban J connectivity index is 2.05. The number of nitrogens with zero attached hydrogens (tertiary/aromatic N) is 1. The summed E-state index contributed by atoms with van der Waals surface area (Å²) in [7, 11) is 2.18. The zero-order chi connectivity index (χ0) is 11.5. The van der Waals surface area contributed by atoms with Gasteiger partial charge in [0, 0.05) is 23.3 Å². The lowest BCUT2D eigenvalue weighted by atomic mass is 10.1. The number of likely N-dealkylation sites (N-methyl/N-ethyl adjacent to an activating group) is 1. The van der Waals surface area contributed by atoms with Gasteiger partial charge in [0.05, 0.1) is 0 Å². The largest absolute Gasteiger partial charge is 0.381 e. The number of anilines is 1. The Morgan fingerprint density at radius 1 is 1.44 bits per heavy atom. The number of hydrogen-bond donors (Lipinski definition) is 1. The van der Waals surface area contributed by atoms with E-state index < -0.39 is 0 Å². The molecule has 0 aliphatic carbocycles. The van der Waals surface area contributed by atoms with Crippen LogP contribution in [0.2, 0.25) is 5.02 Å². The molecule has 2 nitrogen and oxygen atoms in total. The third-order valence-corrected chi connectivity index (χ3v) is 3.66. The molecular weight excluding hydrogens is 220 g/mol. The van der Waals surface area contributed by atoms with Crippen LogP contribution in [-0.2, 0) is 0 Å². The van der Waals surface area contributed by atoms with Crippen molar-refractivity contribution in [2.24, 2.45) is 0 Å². The van der Waals surface area contributed by atoms with Crippen LogP contribution >= 0.6 is 11.6 Å². The first-order chi connectivity index (χ1) is 7.66. The molecule has 0 bridgehead atoms. The Morgan fingerprint density at radius 2 is 2.25 bits per heavy atom. The maximum Gasteiger partial charge on any atom is 0.0455 e. The minimum atomic E-state index is 0.552. The molecule has 0 radical (unpaired) electrons. The molecule has 1 aromatic rings. The summed E-state index contributed by atoms with van der Waals surface area (Å²) in [5.74, 6) is 0. The third kappa shape index (κ3) is 2.69. The molecule has 2 rings (SSSR count). The van der Waals surface area contributed by atoms with Gasteiger partial charge in [-0.15, -0.1) is 0 Å². The monoisotopic (exact) mass is 238 g/mol. The van der Waals surface area contributed by atoms with Gasteiger partial charge in [0.15, 0.2) is 0 Å². The highest BCUT2D eigenvalue weighted by atomic mass is 35.5. The van der Waals surface area contributed by atoms with Crippen LogP contribution in [0.5, 0.6) is 0 Å². The maximum atomic E-state index is 6.11. The van der Waals surface area contributed by atoms with Crippen molar-refractivity contribution in [2.75, 3.05) is 25.5 Å². The van der Waals surface area contributed by atoms with Crippen molar-refractivity contribution in [3.63, 3.8) is 0 Å². The molecule has 0 amide bonds. The zero-order valence-electron chi connectivity index (χ0n) is 9.96. The van der Waals surface area contributed by atoms with E-state index >= 15 is 0 Å². The van der Waals surface area contributed by atoms with E-state index in [1.165, 1.54) is 25.1 Å². The molecule has 0 saturated carbocycles. The SMILES string of the molecule is Cc1c(Cl)cccc1NC1CCCN(C)C1. The summed E-state index contributed by atoms with van der Waals surface area (Å²) in [6, 6.07) is 6.60. The number of likely N-dealkylation sites (tertiary alicyclic amines) is 1. The Bertz CT molecular complexity index is 365. The molecular formula is C13H19ClN2. The molecule has 1 saturated heterocycles. The van der Waals surface area contributed by atoms with Gasteiger partial charge in [-0.05, 0) is 51.1 Å². The number of rotatable bonds is 2. The predicted octanol–water partition coefficient (Wildman–Crippen LogP) is 3.15. The molecule has 1 N–H and O–H groups in total. The normalized spacial score (nSPS) is 22.1. The van der Waals surface area contributed by atoms with Gasteiger partial charge < -0.3 is 10.2 Å². The highest BCUT2D eigenvalue weighted by Gasteiger charge is 2.17. The summed E-state index contributed by atoms with van der Waals surface area (Å²) in [4.78, 5) is 2.38. The van der Waals surface area contributed by atoms with Crippen molar-refractivity contribution in [2.45, 2.75) is 25.8 Å². The summed E-state index contributed by atoms with van der Waals surface area (Å²) in [6.45, 7) is 4.40. The highest BCUT2D eigenvalue weighted by molar-refractivity contribution is 6.31. The molecule has 0 aromatic heterocycles. The van der Waals surface area contributed by atoms with Crippen LogP contribution in [0.4, 0.5) is 5.69 Å². The van der Waals surface area contributed by atoms with Gasteiger partial charge in [-0.25, -0.2) is 0 Å². The molecule has 3 heteroatoms. The standard InChI is InChI=1S/C13H19ClN2/c1-10-12(14)6-3-7-13(10)15-11-5-4-8-16(2)9-11/h3,6-7,11,15H,4-5,8-9H2,1-2H3. The Morgan fingerprint density at radius 3 is 3.00 bits per heavy atom. The fourth-order valence-corrected chi connectivity index (χ4v) is 2.44. The quantitative estimate of drug-likeness (QED) is 0.852. The van der Waals surface area contributed by atoms with Gasteiger partial charge in [-0.1, -0.05) is 17.7 Å². The van der Waals surface area contributed by atoms with E-state index in [2.05, 4.69) is 30.3 Å². The average Bonchev–Trinajstić information content (AvgIpc) is 2.25. The van der Waals surface area contributed by atoms with Gasteiger partial charge in [0.25, 0.3) is 0 Å². The zero-order valence-corrected chi connectivity index (χ0v) is 10.7. The third-order valence-electron chi connectivity index (χ3n) is 3.25. The lowest BCUT2D eigenvalue weighted by Gasteiger charge is -2.31. The lowest BCUT2D eigenvalue weighted by molar-refractivity contribution is 0.261. The molecule has 1 heterocycles. The number of halogens is 1. The minimum Gasteiger partial charge on any atom is -0.381 e. The van der Waals surface area contributed by atoms with Crippen LogP contribution in [0, 0.1) is 6.92 Å². The average molecular weight is 239 g/mol. The summed E-state index contributed by atoms with van der Waals surface area (Å²) in [5, 5.41) is 4.44. The topological polar surface area (TPSA) is 15.3 Å². The lowest BCUT2D eigenvalue weighted by Crippen LogP contribution is -2.39. The van der Waals surface area contributed by atoms with Crippen molar-refractivity contribution in [3.8, 4) is 0 Å². The van der Waals surface area contributed by atoms with Crippen LogP contribution in [0.25, 0.3) is 0 Å². The van der Waals surface area contributed by atoms with Crippen molar-refractivity contribution >= 4 is 17.3 Å². The summed E-state index contributed by atoms with van der Waals surface area (Å²) in [5.41, 5.74) is 2.32. The molecule has 1 unspecified atom stereocenters. The van der Waals surface area contributed by atoms with Crippen molar-refractivity contribution in [1.82, 2.24) is 4.90 Å². The van der Waals surface area contributed by atoms with Gasteiger partial charge in [-0.2, -0.15) is 0 Å². The van der Waals surface area contributed by atoms with Crippen LogP contribution in [0.1, 0.15) is 18.4 Å². The van der Waals surface area contributed by atoms with Crippen molar-refractivity contribution < 1.29 is 0 Å². The number of nitrogens with one attached hydrogen (secondary N) is 1. The van der Waals surface area contributed by atoms with Gasteiger partial charge >= 0.3 is 0 Å². The first kappa shape index (κ1) is 11.7. The van der Waals surface area contributed by atoms with E-state index in [4.69, 9.17) is 11.6 Å². The van der Waals surface area contributed by atoms with E-state index in [-0.39, 0.29) is 0 Å². The first-order valence-electron chi connectivity index (χ1n) is 5.87. The summed E-state index contributed by atoms with van der Waals surface area (Å²) >= 11 is 6.11. The fraction of sp³-hybridized carbons (Fsp3) is 0.538. The van der Waals surface area contributed by atoms with Crippen molar-refractivity contribution in [1.29, 1.82) is 0 Å². The molecule has 1 aliphatic rings. The summed E-state index contributed by atoms with van der Waals surface area (Å²) < 4.78 is 0. The molecule has 0 spiro atoms. The van der Waals surface area contributed by atoms with Crippen LogP contribution in [-0.4, -0.2) is 31.1 Å². The van der Waals surface area contributed by atoms with Crippen LogP contribution in [0.3, 0.4) is 0 Å². The Hall–Kier alpha value is -0.730. The summed E-state index contributed by atoms with van der Waals surface area (Å²) in [6.07, 6.45) is 2.52. The van der Waals surface area contributed by atoms with Crippen LogP contribution < -0.4 is 5.32 Å². The van der Waals surface area contributed by atoms with Crippen molar-refractivity contribution in [3.05, 3.63) is 28.8 Å². The fourth-order valence-electron chi connectivity index (χ4n) is 2.27. The Kier molecular flexibility index (Phi) is 3.72. The molecule has 88 valence electrons. The van der Waals surface area contributed by atoms with E-state index in [0.717, 1.165) is 17.1 Å². The second-order valence-electron chi connectivity index (χ2n) is 4.66. The minimum absolute atomic E-state index is 0.552. The highest BCUT2D eigenvalue weighted by Crippen LogP contribution is 2.24. The molecule has 1 atom stereocenters. The number of benzene rings is 1. The molecule has 1 fully saturated rings. The molecule has 1 aromatic carbocycles. The van der Waals surface area contributed by atoms with E-state index in [0.29, 0.717) is 6.04 Å². The Labute approximate surface area is 103 Å². The second-order valence-corrected chi connectivity index (χ2v) is 5.07. The van der Waals surface area contributed by atoms with Crippen LogP contribution in [0.15, 0.2) is 18.2 Å². The van der Waals surface area contributed by atoms with E-state index in [1.54, 1.807) is 0 Å². The molecule has 16 heavy (non-hydrogen) atoms. The van der Waals surface area contributed by atoms with E-state index in [9.17, 15) is 0 Å². The first-order valence-corrected chi connectivity index (χ1v) is 6.25. The maximum absolute atomic E-state index is 6.11. The van der Waals surface area contributed by atoms with Gasteiger partial charge in [-0.3, -0.25) is 0 Å². The second kappa shape index (κ2) is 5.07. The smallest absolute Gasteiger partial charge is 0.0455 e. The number of hydrogen-bond acceptors (Lipinski definition) is 2. The van der Waals surface area contributed by atoms with Gasteiger partial charge in [0.1, 0.15) is 0 Å². The number of piperidine rings is 1. The van der Waals surface area contributed by atoms with E-state index in [1.807, 2.05) is 12.1 Å².